The predicted molar refractivity (Wildman–Crippen MR) is 67.2 cm³/mol. The largest absolute Gasteiger partial charge is 0.507 e. The van der Waals surface area contributed by atoms with Crippen molar-refractivity contribution in [3.8, 4) is 5.75 Å². The fraction of sp³-hybridized carbons (Fsp3) is 0.143. The molecule has 1 aromatic carbocycles. The van der Waals surface area contributed by atoms with Gasteiger partial charge in [0.2, 0.25) is 11.4 Å². The molecule has 0 bridgehead atoms. The van der Waals surface area contributed by atoms with Crippen molar-refractivity contribution < 1.29 is 9.78 Å². The van der Waals surface area contributed by atoms with Crippen molar-refractivity contribution >= 4 is 6.21 Å². The molecule has 17 heavy (non-hydrogen) atoms. The molecule has 86 valence electrons. The highest BCUT2D eigenvalue weighted by molar-refractivity contribution is 5.82. The quantitative estimate of drug-likeness (QED) is 0.619. The van der Waals surface area contributed by atoms with Gasteiger partial charge in [0.15, 0.2) is 0 Å². The van der Waals surface area contributed by atoms with E-state index in [0.29, 0.717) is 5.56 Å². The van der Waals surface area contributed by atoms with Crippen LogP contribution >= 0.6 is 0 Å². The first-order chi connectivity index (χ1) is 8.18. The zero-order valence-corrected chi connectivity index (χ0v) is 9.96. The normalized spacial score (nSPS) is 10.9. The lowest BCUT2D eigenvalue weighted by molar-refractivity contribution is -0.690. The van der Waals surface area contributed by atoms with Gasteiger partial charge in [-0.2, -0.15) is 0 Å². The number of pyridine rings is 1. The molecule has 1 aromatic heterocycles. The molecule has 0 unspecified atom stereocenters. The molecule has 0 amide bonds. The molecule has 2 rings (SSSR count). The van der Waals surface area contributed by atoms with Gasteiger partial charge in [-0.3, -0.25) is 0 Å². The first-order valence-electron chi connectivity index (χ1n) is 5.49. The molecule has 1 heterocycles. The Hall–Kier alpha value is -2.16. The standard InChI is InChI=1S/C14H14N2O/c1-11-6-5-7-12(2)16(11)15-10-13-8-3-4-9-14(13)17/h3-10H,1-2H3/p+1. The highest BCUT2D eigenvalue weighted by Gasteiger charge is 2.08. The molecule has 1 N–H and O–H groups in total. The van der Waals surface area contributed by atoms with Gasteiger partial charge in [-0.15, -0.1) is 0 Å². The van der Waals surface area contributed by atoms with Gasteiger partial charge in [0.1, 0.15) is 12.0 Å². The van der Waals surface area contributed by atoms with Crippen LogP contribution in [0, 0.1) is 13.8 Å². The molecule has 2 aromatic rings. The van der Waals surface area contributed by atoms with Crippen LogP contribution in [0.5, 0.6) is 5.75 Å². The van der Waals surface area contributed by atoms with E-state index in [1.807, 2.05) is 48.9 Å². The molecule has 0 radical (unpaired) electrons. The molecule has 0 aliphatic carbocycles. The third-order valence-corrected chi connectivity index (χ3v) is 2.59. The van der Waals surface area contributed by atoms with E-state index in [2.05, 4.69) is 5.10 Å². The summed E-state index contributed by atoms with van der Waals surface area (Å²) in [4.78, 5) is 0. The van der Waals surface area contributed by atoms with Gasteiger partial charge in [-0.1, -0.05) is 16.8 Å². The number of aryl methyl sites for hydroxylation is 2. The lowest BCUT2D eigenvalue weighted by Gasteiger charge is -1.97. The van der Waals surface area contributed by atoms with Gasteiger partial charge in [-0.05, 0) is 23.3 Å². The predicted octanol–water partition coefficient (Wildman–Crippen LogP) is 2.18. The van der Waals surface area contributed by atoms with Crippen molar-refractivity contribution in [2.45, 2.75) is 13.8 Å². The zero-order chi connectivity index (χ0) is 12.3. The lowest BCUT2D eigenvalue weighted by atomic mass is 10.2. The van der Waals surface area contributed by atoms with Crippen LogP contribution in [-0.4, -0.2) is 11.3 Å². The summed E-state index contributed by atoms with van der Waals surface area (Å²) in [7, 11) is 0. The fourth-order valence-corrected chi connectivity index (χ4v) is 1.64. The van der Waals surface area contributed by atoms with E-state index in [4.69, 9.17) is 0 Å². The molecule has 0 saturated carbocycles. The average molecular weight is 227 g/mol. The molecule has 3 heteroatoms. The maximum absolute atomic E-state index is 9.63. The van der Waals surface area contributed by atoms with Crippen LogP contribution in [0.1, 0.15) is 17.0 Å². The number of nitrogens with zero attached hydrogens (tertiary/aromatic N) is 2. The molecular weight excluding hydrogens is 212 g/mol. The van der Waals surface area contributed by atoms with Gasteiger partial charge in [-0.25, -0.2) is 0 Å². The minimum Gasteiger partial charge on any atom is -0.507 e. The number of benzene rings is 1. The van der Waals surface area contributed by atoms with Crippen LogP contribution in [0.3, 0.4) is 0 Å². The Morgan fingerprint density at radius 2 is 1.65 bits per heavy atom. The van der Waals surface area contributed by atoms with Crippen LogP contribution in [0.4, 0.5) is 0 Å². The Labute approximate surface area is 101 Å². The summed E-state index contributed by atoms with van der Waals surface area (Å²) in [5.74, 6) is 0.239. The van der Waals surface area contributed by atoms with Crippen LogP contribution < -0.4 is 4.68 Å². The van der Waals surface area contributed by atoms with Crippen LogP contribution in [-0.2, 0) is 0 Å². The topological polar surface area (TPSA) is 36.5 Å². The maximum Gasteiger partial charge on any atom is 0.211 e. The highest BCUT2D eigenvalue weighted by Crippen LogP contribution is 2.12. The minimum atomic E-state index is 0.239. The van der Waals surface area contributed by atoms with E-state index in [-0.39, 0.29) is 5.75 Å². The van der Waals surface area contributed by atoms with Gasteiger partial charge >= 0.3 is 0 Å². The van der Waals surface area contributed by atoms with Crippen molar-refractivity contribution in [3.63, 3.8) is 0 Å². The number of rotatable bonds is 2. The molecule has 0 fully saturated rings. The van der Waals surface area contributed by atoms with Crippen molar-refractivity contribution in [1.29, 1.82) is 0 Å². The Morgan fingerprint density at radius 3 is 2.29 bits per heavy atom. The fourth-order valence-electron chi connectivity index (χ4n) is 1.64. The van der Waals surface area contributed by atoms with E-state index in [0.717, 1.165) is 11.4 Å². The second-order valence-corrected chi connectivity index (χ2v) is 3.92. The molecular formula is C14H15N2O+. The SMILES string of the molecule is Cc1cccc(C)[n+]1/N=C/c1ccccc1O. The molecule has 0 aliphatic rings. The van der Waals surface area contributed by atoms with Crippen LogP contribution in [0.2, 0.25) is 0 Å². The first kappa shape index (κ1) is 11.3. The Bertz CT molecular complexity index is 542. The van der Waals surface area contributed by atoms with Crippen molar-refractivity contribution in [1.82, 2.24) is 0 Å². The summed E-state index contributed by atoms with van der Waals surface area (Å²) in [6.07, 6.45) is 1.66. The Morgan fingerprint density at radius 1 is 1.00 bits per heavy atom. The average Bonchev–Trinajstić information content (AvgIpc) is 2.30. The summed E-state index contributed by atoms with van der Waals surface area (Å²) >= 11 is 0. The van der Waals surface area contributed by atoms with Crippen molar-refractivity contribution in [2.75, 3.05) is 0 Å². The lowest BCUT2D eigenvalue weighted by Crippen LogP contribution is -2.34. The molecule has 3 nitrogen and oxygen atoms in total. The Balaban J connectivity index is 2.36. The van der Waals surface area contributed by atoms with Crippen molar-refractivity contribution in [2.24, 2.45) is 5.10 Å². The molecule has 0 saturated heterocycles. The second kappa shape index (κ2) is 4.78. The van der Waals surface area contributed by atoms with E-state index >= 15 is 0 Å². The summed E-state index contributed by atoms with van der Waals surface area (Å²) in [5, 5.41) is 14.0. The molecule has 0 atom stereocenters. The van der Waals surface area contributed by atoms with Crippen molar-refractivity contribution in [3.05, 3.63) is 59.4 Å². The zero-order valence-electron chi connectivity index (χ0n) is 9.96. The highest BCUT2D eigenvalue weighted by atomic mass is 16.3. The van der Waals surface area contributed by atoms with Crippen LogP contribution in [0.25, 0.3) is 0 Å². The summed E-state index contributed by atoms with van der Waals surface area (Å²) in [5.41, 5.74) is 2.82. The number of aromatic nitrogens is 1. The first-order valence-corrected chi connectivity index (χ1v) is 5.49. The van der Waals surface area contributed by atoms with Gasteiger partial charge in [0.05, 0.1) is 0 Å². The third-order valence-electron chi connectivity index (χ3n) is 2.59. The number of hydrogen-bond acceptors (Lipinski definition) is 2. The molecule has 0 aliphatic heterocycles. The van der Waals surface area contributed by atoms with Gasteiger partial charge < -0.3 is 5.11 Å². The summed E-state index contributed by atoms with van der Waals surface area (Å²) in [6, 6.07) is 13.1. The number of hydrogen-bond donors (Lipinski definition) is 1. The number of phenolic OH excluding ortho intramolecular Hbond substituents is 1. The van der Waals surface area contributed by atoms with E-state index < -0.39 is 0 Å². The minimum absolute atomic E-state index is 0.239. The number of phenols is 1. The number of para-hydroxylation sites is 1. The smallest absolute Gasteiger partial charge is 0.211 e. The van der Waals surface area contributed by atoms with Crippen LogP contribution in [0.15, 0.2) is 47.6 Å². The van der Waals surface area contributed by atoms with E-state index in [1.54, 1.807) is 18.3 Å². The Kier molecular flexibility index (Phi) is 3.19. The summed E-state index contributed by atoms with van der Waals surface area (Å²) in [6.45, 7) is 3.99. The van der Waals surface area contributed by atoms with E-state index in [1.165, 1.54) is 0 Å². The number of aromatic hydroxyl groups is 1. The summed E-state index contributed by atoms with van der Waals surface area (Å²) < 4.78 is 1.84. The monoisotopic (exact) mass is 227 g/mol. The van der Waals surface area contributed by atoms with E-state index in [9.17, 15) is 5.11 Å². The molecule has 0 spiro atoms. The van der Waals surface area contributed by atoms with Gasteiger partial charge in [0, 0.05) is 31.5 Å². The second-order valence-electron chi connectivity index (χ2n) is 3.92. The third kappa shape index (κ3) is 2.50. The maximum atomic E-state index is 9.63. The van der Waals surface area contributed by atoms with Gasteiger partial charge in [0.25, 0.3) is 0 Å².